The number of fused-ring (bicyclic) bond motifs is 8. The summed E-state index contributed by atoms with van der Waals surface area (Å²) in [7, 11) is 0. The molecule has 0 amide bonds. The Labute approximate surface area is 362 Å². The predicted octanol–water partition coefficient (Wildman–Crippen LogP) is 16.8. The van der Waals surface area contributed by atoms with Crippen LogP contribution in [0.1, 0.15) is 23.6 Å². The number of hydrogen-bond acceptors (Lipinski definition) is 0. The molecule has 0 N–H and O–H groups in total. The highest BCUT2D eigenvalue weighted by molar-refractivity contribution is 6.27. The molecule has 62 heavy (non-hydrogen) atoms. The Morgan fingerprint density at radius 1 is 0.274 bits per heavy atom. The molecule has 0 bridgehead atoms. The lowest BCUT2D eigenvalue weighted by atomic mass is 9.73. The summed E-state index contributed by atoms with van der Waals surface area (Å²) < 4.78 is 0. The minimum Gasteiger partial charge on any atom is -0.0622 e. The molecule has 0 saturated carbocycles. The fourth-order valence-electron chi connectivity index (χ4n) is 11.2. The van der Waals surface area contributed by atoms with E-state index in [1.54, 1.807) is 0 Å². The lowest BCUT2D eigenvalue weighted by Gasteiger charge is -2.29. The van der Waals surface area contributed by atoms with E-state index < -0.39 is 0 Å². The summed E-state index contributed by atoms with van der Waals surface area (Å²) in [5, 5.41) is 7.69. The van der Waals surface area contributed by atoms with Crippen molar-refractivity contribution in [1.29, 1.82) is 0 Å². The molecule has 0 heterocycles. The Balaban J connectivity index is 1.11. The van der Waals surface area contributed by atoms with Crippen molar-refractivity contribution in [1.82, 2.24) is 0 Å². The minimum absolute atomic E-state index is 0.333. The fraction of sp³-hybridized carbons (Fsp3) is 0.0323. The topological polar surface area (TPSA) is 0 Å². The minimum atomic E-state index is -0.333. The van der Waals surface area contributed by atoms with Gasteiger partial charge in [0.2, 0.25) is 0 Å². The van der Waals surface area contributed by atoms with Crippen molar-refractivity contribution in [2.45, 2.75) is 12.3 Å². The monoisotopic (exact) mass is 784 g/mol. The molecule has 2 aliphatic rings. The van der Waals surface area contributed by atoms with Crippen LogP contribution in [0.2, 0.25) is 0 Å². The van der Waals surface area contributed by atoms with Crippen LogP contribution in [0.5, 0.6) is 0 Å². The highest BCUT2D eigenvalue weighted by Gasteiger charge is 2.41. The van der Waals surface area contributed by atoms with Gasteiger partial charge in [0.05, 0.1) is 0 Å². The van der Waals surface area contributed by atoms with Crippen LogP contribution >= 0.6 is 0 Å². The van der Waals surface area contributed by atoms with Crippen molar-refractivity contribution < 1.29 is 0 Å². The maximum absolute atomic E-state index is 2.50. The van der Waals surface area contributed by atoms with Gasteiger partial charge in [-0.15, -0.1) is 0 Å². The molecule has 11 aromatic carbocycles. The van der Waals surface area contributed by atoms with Crippen LogP contribution in [0, 0.1) is 0 Å². The van der Waals surface area contributed by atoms with Gasteiger partial charge in [0, 0.05) is 5.41 Å². The van der Waals surface area contributed by atoms with E-state index in [2.05, 4.69) is 231 Å². The van der Waals surface area contributed by atoms with E-state index in [1.807, 2.05) is 0 Å². The van der Waals surface area contributed by atoms with Crippen LogP contribution in [0.4, 0.5) is 0 Å². The number of benzene rings is 11. The SMILES string of the molecule is CC1(c2ccccc2)c2cc(-c3cc(-c4ccccc4)cc(-c4c5c(c(-c6ccccc6)c6ccccc46)-c4cccc6cccc-5c46)c3)ccc2-c2cc3ccccc3cc21. The maximum atomic E-state index is 2.50. The van der Waals surface area contributed by atoms with Gasteiger partial charge in [0.25, 0.3) is 0 Å². The molecule has 0 heteroatoms. The molecule has 0 fully saturated rings. The Morgan fingerprint density at radius 2 is 0.774 bits per heavy atom. The van der Waals surface area contributed by atoms with Gasteiger partial charge < -0.3 is 0 Å². The van der Waals surface area contributed by atoms with Gasteiger partial charge in [-0.2, -0.15) is 0 Å². The van der Waals surface area contributed by atoms with Gasteiger partial charge in [0.15, 0.2) is 0 Å². The second-order valence-corrected chi connectivity index (χ2v) is 17.3. The van der Waals surface area contributed by atoms with Crippen LogP contribution < -0.4 is 0 Å². The van der Waals surface area contributed by atoms with E-state index in [9.17, 15) is 0 Å². The molecule has 0 nitrogen and oxygen atoms in total. The lowest BCUT2D eigenvalue weighted by Crippen LogP contribution is -2.22. The van der Waals surface area contributed by atoms with Crippen molar-refractivity contribution >= 4 is 32.3 Å². The van der Waals surface area contributed by atoms with E-state index in [4.69, 9.17) is 0 Å². The first-order valence-electron chi connectivity index (χ1n) is 21.7. The summed E-state index contributed by atoms with van der Waals surface area (Å²) in [4.78, 5) is 0. The first-order valence-corrected chi connectivity index (χ1v) is 21.7. The second-order valence-electron chi connectivity index (χ2n) is 17.3. The van der Waals surface area contributed by atoms with Crippen LogP contribution in [-0.4, -0.2) is 0 Å². The van der Waals surface area contributed by atoms with Crippen molar-refractivity contribution in [3.63, 3.8) is 0 Å². The van der Waals surface area contributed by atoms with Crippen molar-refractivity contribution in [3.05, 3.63) is 241 Å². The van der Waals surface area contributed by atoms with Crippen LogP contribution in [0.15, 0.2) is 224 Å². The smallest absolute Gasteiger partial charge is 0.0435 e. The largest absolute Gasteiger partial charge is 0.0622 e. The Bertz CT molecular complexity index is 3610. The third-order valence-electron chi connectivity index (χ3n) is 14.0. The lowest BCUT2D eigenvalue weighted by molar-refractivity contribution is 0.715. The highest BCUT2D eigenvalue weighted by Crippen LogP contribution is 2.59. The van der Waals surface area contributed by atoms with Gasteiger partial charge in [-0.1, -0.05) is 188 Å². The van der Waals surface area contributed by atoms with Crippen molar-refractivity contribution in [2.75, 3.05) is 0 Å². The quantitative estimate of drug-likeness (QED) is 0.163. The van der Waals surface area contributed by atoms with Gasteiger partial charge >= 0.3 is 0 Å². The molecule has 11 aromatic rings. The summed E-state index contributed by atoms with van der Waals surface area (Å²) in [6.45, 7) is 2.43. The summed E-state index contributed by atoms with van der Waals surface area (Å²) in [5.74, 6) is 0. The maximum Gasteiger partial charge on any atom is 0.0435 e. The van der Waals surface area contributed by atoms with Gasteiger partial charge in [-0.3, -0.25) is 0 Å². The normalized spacial score (nSPS) is 14.6. The summed E-state index contributed by atoms with van der Waals surface area (Å²) in [6, 6.07) is 84.0. The molecule has 0 radical (unpaired) electrons. The third kappa shape index (κ3) is 5.01. The molecule has 13 rings (SSSR count). The third-order valence-corrected chi connectivity index (χ3v) is 14.0. The van der Waals surface area contributed by atoms with Gasteiger partial charge in [0.1, 0.15) is 0 Å². The zero-order valence-electron chi connectivity index (χ0n) is 34.4. The molecule has 0 saturated heterocycles. The molecule has 0 spiro atoms. The predicted molar refractivity (Wildman–Crippen MR) is 263 cm³/mol. The van der Waals surface area contributed by atoms with Crippen LogP contribution in [-0.2, 0) is 5.41 Å². The fourth-order valence-corrected chi connectivity index (χ4v) is 11.2. The Morgan fingerprint density at radius 3 is 1.44 bits per heavy atom. The van der Waals surface area contributed by atoms with Crippen LogP contribution in [0.25, 0.3) is 110 Å². The Hall–Kier alpha value is -7.80. The van der Waals surface area contributed by atoms with Gasteiger partial charge in [-0.25, -0.2) is 0 Å². The van der Waals surface area contributed by atoms with E-state index in [0.717, 1.165) is 0 Å². The second kappa shape index (κ2) is 13.4. The van der Waals surface area contributed by atoms with Crippen molar-refractivity contribution in [3.8, 4) is 77.9 Å². The van der Waals surface area contributed by atoms with E-state index in [0.29, 0.717) is 0 Å². The van der Waals surface area contributed by atoms with Crippen molar-refractivity contribution in [2.24, 2.45) is 0 Å². The number of hydrogen-bond donors (Lipinski definition) is 0. The molecule has 0 aromatic heterocycles. The summed E-state index contributed by atoms with van der Waals surface area (Å²) in [6.07, 6.45) is 0. The van der Waals surface area contributed by atoms with E-state index in [-0.39, 0.29) is 5.41 Å². The molecule has 288 valence electrons. The molecular weight excluding hydrogens is 745 g/mol. The zero-order valence-corrected chi connectivity index (χ0v) is 34.4. The molecule has 2 aliphatic carbocycles. The number of rotatable bonds is 5. The average molecular weight is 785 g/mol. The summed E-state index contributed by atoms with van der Waals surface area (Å²) in [5.41, 5.74) is 21.5. The average Bonchev–Trinajstić information content (AvgIpc) is 3.80. The Kier molecular flexibility index (Phi) is 7.54. The van der Waals surface area contributed by atoms with E-state index in [1.165, 1.54) is 127 Å². The molecule has 1 atom stereocenters. The first kappa shape index (κ1) is 35.0. The summed E-state index contributed by atoms with van der Waals surface area (Å²) >= 11 is 0. The molecule has 1 unspecified atom stereocenters. The molecular formula is C62H40. The van der Waals surface area contributed by atoms with Crippen LogP contribution in [0.3, 0.4) is 0 Å². The first-order chi connectivity index (χ1) is 30.6. The van der Waals surface area contributed by atoms with Gasteiger partial charge in [-0.05, 0) is 170 Å². The zero-order chi connectivity index (χ0) is 40.9. The standard InChI is InChI=1S/C62H40/c1-62(48-25-9-4-10-26-48)55-38-44(31-32-49(55)54-36-42-21-11-12-22-43(42)37-56(54)62)46-33-45(39-17-5-2-6-18-39)34-47(35-46)59-51-28-14-13-27-50(51)58(41-19-7-3-8-20-41)60-52-29-15-23-40-24-16-30-53(57(40)52)61(59)60/h2-38H,1H3. The molecule has 0 aliphatic heterocycles. The van der Waals surface area contributed by atoms with E-state index >= 15 is 0 Å². The highest BCUT2D eigenvalue weighted by atomic mass is 14.4.